The molecule has 7 heterocycles. The van der Waals surface area contributed by atoms with Crippen molar-refractivity contribution in [3.05, 3.63) is 157 Å². The molecule has 0 bridgehead atoms. The average molecular weight is 1510 g/mol. The maximum atomic E-state index is 13.3. The Morgan fingerprint density at radius 2 is 1.17 bits per heavy atom. The number of morpholine rings is 1. The predicted octanol–water partition coefficient (Wildman–Crippen LogP) is 9.14. The Kier molecular flexibility index (Phi) is 28.7. The van der Waals surface area contributed by atoms with Crippen LogP contribution in [-0.4, -0.2) is 136 Å². The van der Waals surface area contributed by atoms with Crippen molar-refractivity contribution in [3.63, 3.8) is 0 Å². The molecule has 6 aromatic rings. The quantitative estimate of drug-likeness (QED) is 0.0640. The number of fused-ring (bicyclic) bond motifs is 2. The van der Waals surface area contributed by atoms with Crippen LogP contribution in [0.2, 0.25) is 0 Å². The summed E-state index contributed by atoms with van der Waals surface area (Å²) in [6.45, 7) is 13.2. The van der Waals surface area contributed by atoms with Gasteiger partial charge in [0, 0.05) is 59.4 Å². The molecule has 11 rings (SSSR count). The number of hydrogen-bond acceptors (Lipinski definition) is 15. The zero-order valence-corrected chi connectivity index (χ0v) is 59.4. The van der Waals surface area contributed by atoms with Crippen molar-refractivity contribution in [2.75, 3.05) is 40.5 Å². The number of rotatable bonds is 11. The molecular weight excluding hydrogens is 1440 g/mol. The molecule has 4 aromatic carbocycles. The van der Waals surface area contributed by atoms with Gasteiger partial charge in [-0.25, -0.2) is 8.78 Å². The second-order valence-electron chi connectivity index (χ2n) is 20.5. The van der Waals surface area contributed by atoms with Gasteiger partial charge in [-0.3, -0.25) is 4.79 Å². The Labute approximate surface area is 559 Å². The first-order valence-electron chi connectivity index (χ1n) is 25.9. The number of aryl methyl sites for hydroxylation is 2. The average Bonchev–Trinajstić information content (AvgIpc) is 2.75. The van der Waals surface area contributed by atoms with Crippen LogP contribution >= 0.6 is 62.1 Å². The van der Waals surface area contributed by atoms with Gasteiger partial charge < -0.3 is 71.7 Å². The van der Waals surface area contributed by atoms with Crippen LogP contribution in [-0.2, 0) is 50.8 Å². The first-order valence-corrected chi connectivity index (χ1v) is 40.4. The summed E-state index contributed by atoms with van der Waals surface area (Å²) in [5.41, 5.74) is 22.2. The molecule has 5 aliphatic heterocycles. The predicted molar refractivity (Wildman–Crippen MR) is 326 cm³/mol. The summed E-state index contributed by atoms with van der Waals surface area (Å²) in [5, 5.41) is 32.2. The van der Waals surface area contributed by atoms with Gasteiger partial charge in [0.2, 0.25) is 0 Å². The summed E-state index contributed by atoms with van der Waals surface area (Å²) in [5.74, 6) is -0.883. The molecule has 450 valence electrons. The number of aliphatic hydroxyl groups is 3. The number of aliphatic hydroxyl groups excluding tert-OH is 3. The van der Waals surface area contributed by atoms with Crippen molar-refractivity contribution in [2.45, 2.75) is 121 Å². The van der Waals surface area contributed by atoms with E-state index in [1.54, 1.807) is 81.6 Å². The maximum Gasteiger partial charge on any atom is 1.00 e. The number of halogens is 6. The first kappa shape index (κ1) is 73.6. The molecule has 84 heavy (non-hydrogen) atoms. The third kappa shape index (κ3) is 19.0. The first-order chi connectivity index (χ1) is 38.4. The van der Waals surface area contributed by atoms with Crippen LogP contribution in [0.15, 0.2) is 97.1 Å². The Balaban J connectivity index is 0.000000271. The monoisotopic (exact) mass is 1510 g/mol. The summed E-state index contributed by atoms with van der Waals surface area (Å²) in [6.07, 6.45) is -6.17. The van der Waals surface area contributed by atoms with Gasteiger partial charge in [0.1, 0.15) is 59.8 Å². The Morgan fingerprint density at radius 1 is 0.726 bits per heavy atom. The van der Waals surface area contributed by atoms with E-state index in [4.69, 9.17) is 59.5 Å². The minimum Gasteiger partial charge on any atom is -1.00 e. The molecular formula is C59H68BCeCl3F2INNaO13S2-. The molecule has 0 aliphatic carbocycles. The smallest absolute Gasteiger partial charge is 1.00 e. The fraction of sp³-hybridized carbons (Fsp3) is 0.424. The maximum absolute atomic E-state index is 13.3. The Bertz CT molecular complexity index is 3100. The van der Waals surface area contributed by atoms with Crippen LogP contribution in [0.25, 0.3) is 20.9 Å². The Hall–Kier alpha value is -1.15. The van der Waals surface area contributed by atoms with Crippen LogP contribution in [0.5, 0.6) is 11.5 Å². The van der Waals surface area contributed by atoms with Crippen molar-refractivity contribution >= 4 is 76.5 Å². The molecule has 3 N–H and O–H groups in total. The van der Waals surface area contributed by atoms with Crippen molar-refractivity contribution in [2.24, 2.45) is 0 Å². The van der Waals surface area contributed by atoms with E-state index in [0.29, 0.717) is 44.0 Å². The molecule has 0 saturated carbocycles. The molecule has 5 aliphatic rings. The van der Waals surface area contributed by atoms with E-state index in [-0.39, 0.29) is 64.4 Å². The fourth-order valence-electron chi connectivity index (χ4n) is 9.86. The van der Waals surface area contributed by atoms with E-state index in [2.05, 4.69) is 59.8 Å². The summed E-state index contributed by atoms with van der Waals surface area (Å²) >= 11 is 3.46. The van der Waals surface area contributed by atoms with Gasteiger partial charge >= 0.3 is 77.1 Å². The number of ether oxygens (including phenoxy) is 9. The number of amides is 1. The van der Waals surface area contributed by atoms with Crippen LogP contribution in [0.1, 0.15) is 72.8 Å². The topological polar surface area (TPSA) is 164 Å². The molecule has 1 unspecified atom stereocenters. The van der Waals surface area contributed by atoms with E-state index in [0.717, 1.165) is 47.7 Å². The molecule has 5 fully saturated rings. The minimum absolute atomic E-state index is 0. The van der Waals surface area contributed by atoms with Crippen LogP contribution in [0.3, 0.4) is 0 Å². The van der Waals surface area contributed by atoms with Crippen LogP contribution in [0.4, 0.5) is 8.78 Å². The number of methoxy groups -OCH3 is 2. The molecule has 25 heteroatoms. The number of thiophene rings is 2. The molecule has 9 atom stereocenters. The number of carbonyl (C=O) groups is 1. The van der Waals surface area contributed by atoms with E-state index in [9.17, 15) is 28.9 Å². The summed E-state index contributed by atoms with van der Waals surface area (Å²) in [4.78, 5) is 18.6. The molecule has 5 saturated heterocycles. The van der Waals surface area contributed by atoms with Gasteiger partial charge in [0.15, 0.2) is 30.3 Å². The Morgan fingerprint density at radius 3 is 1.62 bits per heavy atom. The molecule has 3 radical (unpaired) electrons. The van der Waals surface area contributed by atoms with Crippen molar-refractivity contribution in [1.82, 2.24) is 4.90 Å². The SMILES string of the molecule is CC1(C)O[C@@H]2O[C@@H](C(=O)N3CCOCC3)[C@@H](O)[C@@H]2O1.COc1cc(C)c(Cc2ccc(-c3ccc(F)cc3)s2)cc1C(O)[C@@H]1O[C@H]2OC(C)(C)O[C@H]2[C@@H]1O.COc1cc(C)c(Cc2ccc(-c3ccc(F)cc3)s2)cc1I.[B].[CH3-].[Cl][Ce]([Cl])[Cl].[H-].[Na+]. The number of benzene rings is 4. The van der Waals surface area contributed by atoms with Crippen molar-refractivity contribution in [3.8, 4) is 32.4 Å². The summed E-state index contributed by atoms with van der Waals surface area (Å²) < 4.78 is 77.5. The zero-order chi connectivity index (χ0) is 58.5. The normalized spacial score (nSPS) is 23.5. The molecule has 0 spiro atoms. The van der Waals surface area contributed by atoms with E-state index >= 15 is 0 Å². The van der Waals surface area contributed by atoms with Crippen molar-refractivity contribution in [1.29, 1.82) is 0 Å². The van der Waals surface area contributed by atoms with Crippen LogP contribution < -0.4 is 39.0 Å². The van der Waals surface area contributed by atoms with Gasteiger partial charge in [0.05, 0.1) is 31.0 Å². The minimum atomic E-state index is -2.24. The third-order valence-electron chi connectivity index (χ3n) is 13.9. The molecule has 1 amide bonds. The van der Waals surface area contributed by atoms with E-state index < -0.39 is 97.5 Å². The van der Waals surface area contributed by atoms with Gasteiger partial charge in [-0.1, -0.05) is 24.3 Å². The largest absolute Gasteiger partial charge is 1.00 e. The standard InChI is InChI=1S/C27H29FO6S.C19H16FIOS.C12H19NO6.CH3.B.Ce.3ClH.Na.H/c1-14-11-20(31-4)19(22(29)24-23(30)25-26(32-24)34-27(2,3)33-25)13-16(14)12-18-9-10-21(35-18)15-5-7-17(28)8-6-15;1-12-9-18(22-2)17(21)11-14(12)10-16-7-8-19(23-16)13-3-5-15(20)6-4-13;1-12(2)18-9-7(14)8(17-11(9)19-12)10(15)13-3-5-16-6-4-13;;;;;;;;/h5-11,13,22-26,29-30H,12H2,1-4H3;3-9,11H,10H2,1-2H3;7-9,11,14H,3-6H2,1-2H3;1H3;;;3*1H;;/q;;;-1;;+3;;;;+1;-1/p-3/t22?,23-,24+,25+,26+;;7-,8-,9+,11+;;;;;;;;/m1.1......../s1. The molecule has 2 aromatic heterocycles. The summed E-state index contributed by atoms with van der Waals surface area (Å²) in [7, 11) is 3.25. The zero-order valence-electron chi connectivity index (χ0n) is 49.2. The van der Waals surface area contributed by atoms with E-state index in [1.807, 2.05) is 37.3 Å². The second kappa shape index (κ2) is 32.7. The van der Waals surface area contributed by atoms with Gasteiger partial charge in [-0.05, 0) is 170 Å². The second-order valence-corrected chi connectivity index (χ2v) is 37.8. The number of hydrogen-bond donors (Lipinski definition) is 3. The molecule has 14 nitrogen and oxygen atoms in total. The van der Waals surface area contributed by atoms with Crippen LogP contribution in [0, 0.1) is 67.1 Å². The van der Waals surface area contributed by atoms with Gasteiger partial charge in [-0.2, -0.15) is 0 Å². The number of nitrogens with zero attached hydrogens (tertiary/aromatic N) is 1. The number of carbonyl (C=O) groups excluding carboxylic acids is 1. The third-order valence-corrected chi connectivity index (χ3v) is 17.0. The fourth-order valence-corrected chi connectivity index (χ4v) is 12.7. The van der Waals surface area contributed by atoms with Gasteiger partial charge in [0.25, 0.3) is 5.91 Å². The van der Waals surface area contributed by atoms with Gasteiger partial charge in [-0.15, -0.1) is 22.7 Å². The summed E-state index contributed by atoms with van der Waals surface area (Å²) in [6, 6.07) is 29.6. The van der Waals surface area contributed by atoms with Crippen molar-refractivity contribution < 1.29 is 133 Å². The van der Waals surface area contributed by atoms with E-state index in [1.165, 1.54) is 45.1 Å².